The number of hydrogen-bond donors (Lipinski definition) is 0. The van der Waals surface area contributed by atoms with Gasteiger partial charge >= 0.3 is 0 Å². The summed E-state index contributed by atoms with van der Waals surface area (Å²) < 4.78 is 1.75. The third-order valence-corrected chi connectivity index (χ3v) is 7.70. The molecular formula is C23H19N3O3S2. The second-order valence-electron chi connectivity index (χ2n) is 7.52. The summed E-state index contributed by atoms with van der Waals surface area (Å²) in [5, 5.41) is 12.5. The van der Waals surface area contributed by atoms with Gasteiger partial charge in [0, 0.05) is 22.8 Å². The summed E-state index contributed by atoms with van der Waals surface area (Å²) in [7, 11) is 0. The van der Waals surface area contributed by atoms with Crippen LogP contribution in [0.2, 0.25) is 0 Å². The van der Waals surface area contributed by atoms with Crippen LogP contribution < -0.4 is 5.56 Å². The van der Waals surface area contributed by atoms with Gasteiger partial charge in [-0.05, 0) is 36.0 Å². The van der Waals surface area contributed by atoms with E-state index in [0.717, 1.165) is 40.6 Å². The number of nitro groups is 1. The molecular weight excluding hydrogens is 430 g/mol. The highest BCUT2D eigenvalue weighted by atomic mass is 32.2. The second-order valence-corrected chi connectivity index (χ2v) is 9.55. The zero-order chi connectivity index (χ0) is 21.4. The van der Waals surface area contributed by atoms with E-state index in [0.29, 0.717) is 17.5 Å². The highest BCUT2D eigenvalue weighted by Crippen LogP contribution is 2.36. The first-order valence-electron chi connectivity index (χ1n) is 10.1. The topological polar surface area (TPSA) is 78.0 Å². The molecule has 0 unspecified atom stereocenters. The fourth-order valence-corrected chi connectivity index (χ4v) is 6.23. The Labute approximate surface area is 186 Å². The van der Waals surface area contributed by atoms with Crippen molar-refractivity contribution in [1.82, 2.24) is 9.55 Å². The summed E-state index contributed by atoms with van der Waals surface area (Å²) in [5.41, 5.74) is 3.12. The number of aromatic nitrogens is 2. The smallest absolute Gasteiger partial charge is 0.269 e. The van der Waals surface area contributed by atoms with Crippen molar-refractivity contribution in [1.29, 1.82) is 0 Å². The highest BCUT2D eigenvalue weighted by Gasteiger charge is 2.23. The largest absolute Gasteiger partial charge is 0.283 e. The summed E-state index contributed by atoms with van der Waals surface area (Å²) in [6, 6.07) is 16.5. The van der Waals surface area contributed by atoms with Crippen LogP contribution in [-0.2, 0) is 25.1 Å². The molecule has 0 amide bonds. The van der Waals surface area contributed by atoms with E-state index in [2.05, 4.69) is 0 Å². The zero-order valence-electron chi connectivity index (χ0n) is 16.6. The number of non-ortho nitro benzene ring substituents is 1. The summed E-state index contributed by atoms with van der Waals surface area (Å²) in [5.74, 6) is 0.500. The molecule has 6 nitrogen and oxygen atoms in total. The quantitative estimate of drug-likeness (QED) is 0.175. The Morgan fingerprint density at radius 1 is 1.10 bits per heavy atom. The van der Waals surface area contributed by atoms with Gasteiger partial charge in [0.15, 0.2) is 5.16 Å². The molecule has 0 bridgehead atoms. The molecule has 0 atom stereocenters. The summed E-state index contributed by atoms with van der Waals surface area (Å²) >= 11 is 3.08. The van der Waals surface area contributed by atoms with Gasteiger partial charge in [-0.2, -0.15) is 0 Å². The number of nitro benzene ring substituents is 1. The van der Waals surface area contributed by atoms with Gasteiger partial charge in [-0.3, -0.25) is 19.5 Å². The summed E-state index contributed by atoms with van der Waals surface area (Å²) in [6.07, 6.45) is 3.06. The van der Waals surface area contributed by atoms with Gasteiger partial charge < -0.3 is 0 Å². The summed E-state index contributed by atoms with van der Waals surface area (Å²) in [4.78, 5) is 31.2. The molecule has 0 radical (unpaired) electrons. The van der Waals surface area contributed by atoms with Crippen molar-refractivity contribution < 1.29 is 4.92 Å². The third kappa shape index (κ3) is 3.88. The molecule has 2 aromatic heterocycles. The van der Waals surface area contributed by atoms with Crippen molar-refractivity contribution in [3.8, 4) is 0 Å². The van der Waals surface area contributed by atoms with E-state index in [4.69, 9.17) is 4.98 Å². The standard InChI is InChI=1S/C23H19N3O3S2/c27-22-20-18-10-5-11-19(18)31-21(20)24-23(25(22)13-15-6-2-1-3-7-15)30-14-16-8-4-9-17(12-16)26(28)29/h1-4,6-9,12H,5,10-11,13-14H2. The SMILES string of the molecule is O=c1c2c3c(sc2nc(SCc2cccc([N+](=O)[O-])c2)n1Cc1ccccc1)CCC3. The maximum absolute atomic E-state index is 13.6. The van der Waals surface area contributed by atoms with Crippen LogP contribution in [-0.4, -0.2) is 14.5 Å². The molecule has 5 rings (SSSR count). The molecule has 0 fully saturated rings. The first-order chi connectivity index (χ1) is 15.1. The Hall–Kier alpha value is -2.97. The lowest BCUT2D eigenvalue weighted by atomic mass is 10.2. The summed E-state index contributed by atoms with van der Waals surface area (Å²) in [6.45, 7) is 0.449. The molecule has 0 saturated heterocycles. The number of hydrogen-bond acceptors (Lipinski definition) is 6. The van der Waals surface area contributed by atoms with Crippen LogP contribution in [0.4, 0.5) is 5.69 Å². The van der Waals surface area contributed by atoms with E-state index >= 15 is 0 Å². The lowest BCUT2D eigenvalue weighted by molar-refractivity contribution is -0.384. The van der Waals surface area contributed by atoms with Gasteiger partial charge in [-0.25, -0.2) is 4.98 Å². The number of nitrogens with zero attached hydrogens (tertiary/aromatic N) is 3. The maximum atomic E-state index is 13.6. The Bertz CT molecular complexity index is 1350. The molecule has 0 aliphatic heterocycles. The van der Waals surface area contributed by atoms with Crippen molar-refractivity contribution in [2.75, 3.05) is 0 Å². The monoisotopic (exact) mass is 449 g/mol. The van der Waals surface area contributed by atoms with Gasteiger partial charge in [-0.15, -0.1) is 11.3 Å². The number of benzene rings is 2. The van der Waals surface area contributed by atoms with Crippen molar-refractivity contribution in [2.24, 2.45) is 0 Å². The number of thiophene rings is 1. The van der Waals surface area contributed by atoms with Crippen LogP contribution in [0.15, 0.2) is 64.5 Å². The molecule has 1 aliphatic carbocycles. The molecule has 0 spiro atoms. The second kappa shape index (κ2) is 8.28. The van der Waals surface area contributed by atoms with Gasteiger partial charge in [0.2, 0.25) is 0 Å². The van der Waals surface area contributed by atoms with E-state index in [1.165, 1.54) is 28.3 Å². The first-order valence-corrected chi connectivity index (χ1v) is 11.9. The first kappa shape index (κ1) is 20.0. The Balaban J connectivity index is 1.56. The lowest BCUT2D eigenvalue weighted by Crippen LogP contribution is -2.24. The van der Waals surface area contributed by atoms with Gasteiger partial charge in [0.25, 0.3) is 11.2 Å². The maximum Gasteiger partial charge on any atom is 0.269 e. The fraction of sp³-hybridized carbons (Fsp3) is 0.217. The number of fused-ring (bicyclic) bond motifs is 3. The number of thioether (sulfide) groups is 1. The minimum Gasteiger partial charge on any atom is -0.283 e. The van der Waals surface area contributed by atoms with Gasteiger partial charge in [-0.1, -0.05) is 54.2 Å². The van der Waals surface area contributed by atoms with Crippen LogP contribution in [0.1, 0.15) is 28.0 Å². The normalized spacial score (nSPS) is 12.9. The van der Waals surface area contributed by atoms with Crippen molar-refractivity contribution in [2.45, 2.75) is 36.7 Å². The number of aryl methyl sites for hydroxylation is 2. The van der Waals surface area contributed by atoms with Crippen LogP contribution in [0.25, 0.3) is 10.2 Å². The molecule has 0 saturated carbocycles. The Morgan fingerprint density at radius 2 is 1.90 bits per heavy atom. The molecule has 1 aliphatic rings. The van der Waals surface area contributed by atoms with Crippen LogP contribution in [0.3, 0.4) is 0 Å². The fourth-order valence-electron chi connectivity index (χ4n) is 3.98. The third-order valence-electron chi connectivity index (χ3n) is 5.46. The average Bonchev–Trinajstić information content (AvgIpc) is 3.36. The van der Waals surface area contributed by atoms with E-state index in [1.54, 1.807) is 28.0 Å². The average molecular weight is 450 g/mol. The van der Waals surface area contributed by atoms with Crippen LogP contribution in [0, 0.1) is 10.1 Å². The molecule has 31 heavy (non-hydrogen) atoms. The minimum absolute atomic E-state index is 0.00907. The highest BCUT2D eigenvalue weighted by molar-refractivity contribution is 7.98. The predicted octanol–water partition coefficient (Wildman–Crippen LogP) is 5.20. The zero-order valence-corrected chi connectivity index (χ0v) is 18.2. The van der Waals surface area contributed by atoms with E-state index in [9.17, 15) is 14.9 Å². The molecule has 0 N–H and O–H groups in total. The van der Waals surface area contributed by atoms with E-state index in [1.807, 2.05) is 36.4 Å². The Morgan fingerprint density at radius 3 is 2.71 bits per heavy atom. The molecule has 156 valence electrons. The molecule has 8 heteroatoms. The Kier molecular flexibility index (Phi) is 5.33. The van der Waals surface area contributed by atoms with Gasteiger partial charge in [0.05, 0.1) is 16.9 Å². The van der Waals surface area contributed by atoms with Crippen LogP contribution in [0.5, 0.6) is 0 Å². The minimum atomic E-state index is -0.392. The molecule has 2 heterocycles. The van der Waals surface area contributed by atoms with E-state index < -0.39 is 4.92 Å². The van der Waals surface area contributed by atoms with Crippen molar-refractivity contribution >= 4 is 39.0 Å². The molecule has 2 aromatic carbocycles. The number of rotatable bonds is 6. The van der Waals surface area contributed by atoms with E-state index in [-0.39, 0.29) is 11.2 Å². The predicted molar refractivity (Wildman–Crippen MR) is 124 cm³/mol. The van der Waals surface area contributed by atoms with Crippen molar-refractivity contribution in [3.63, 3.8) is 0 Å². The van der Waals surface area contributed by atoms with Gasteiger partial charge in [0.1, 0.15) is 4.83 Å². The lowest BCUT2D eigenvalue weighted by Gasteiger charge is -2.13. The van der Waals surface area contributed by atoms with Crippen LogP contribution >= 0.6 is 23.1 Å². The van der Waals surface area contributed by atoms with Crippen molar-refractivity contribution in [3.05, 3.63) is 96.6 Å². The molecule has 4 aromatic rings.